The maximum absolute atomic E-state index is 13.3. The molecular weight excluding hydrogens is 448 g/mol. The van der Waals surface area contributed by atoms with Crippen molar-refractivity contribution in [3.8, 4) is 0 Å². The zero-order valence-corrected chi connectivity index (χ0v) is 21.2. The van der Waals surface area contributed by atoms with Crippen molar-refractivity contribution in [2.24, 2.45) is 0 Å². The number of hydrogen-bond donors (Lipinski definition) is 3. The van der Waals surface area contributed by atoms with Crippen LogP contribution in [-0.4, -0.2) is 49.7 Å². The maximum atomic E-state index is 13.3. The Kier molecular flexibility index (Phi) is 5.94. The van der Waals surface area contributed by atoms with E-state index in [1.807, 2.05) is 24.3 Å². The number of benzene rings is 1. The van der Waals surface area contributed by atoms with Gasteiger partial charge in [-0.05, 0) is 76.8 Å². The van der Waals surface area contributed by atoms with Gasteiger partial charge in [-0.15, -0.1) is 11.3 Å². The van der Waals surface area contributed by atoms with Gasteiger partial charge in [0.2, 0.25) is 0 Å². The maximum Gasteiger partial charge on any atom is 0.256 e. The molecule has 0 radical (unpaired) electrons. The normalized spacial score (nSPS) is 21.0. The summed E-state index contributed by atoms with van der Waals surface area (Å²) in [4.78, 5) is 29.9. The third-order valence-corrected chi connectivity index (χ3v) is 8.19. The number of carbonyl (C=O) groups is 2. The summed E-state index contributed by atoms with van der Waals surface area (Å²) in [5, 5.41) is 10.6. The standard InChI is InChI=1S/C26H34N4O3S/c1-25(2)15-19-20(23(32)27-17-7-8-17)24(34-21(19)26(3,4)29-25)28-22(31)16-5-9-18(10-6-16)30-11-13-33-14-12-30/h5-6,9-10,17,29H,7-8,11-15H2,1-4H3,(H,27,32)(H,28,31). The minimum atomic E-state index is -0.293. The predicted molar refractivity (Wildman–Crippen MR) is 136 cm³/mol. The molecule has 3 aliphatic rings. The van der Waals surface area contributed by atoms with Gasteiger partial charge in [-0.2, -0.15) is 0 Å². The average molecular weight is 483 g/mol. The highest BCUT2D eigenvalue weighted by molar-refractivity contribution is 7.17. The highest BCUT2D eigenvalue weighted by Gasteiger charge is 2.42. The Bertz CT molecular complexity index is 1100. The lowest BCUT2D eigenvalue weighted by molar-refractivity contribution is 0.0950. The van der Waals surface area contributed by atoms with Crippen LogP contribution >= 0.6 is 11.3 Å². The van der Waals surface area contributed by atoms with Crippen LogP contribution in [0.15, 0.2) is 24.3 Å². The molecule has 1 saturated heterocycles. The molecule has 1 aliphatic carbocycles. The molecule has 1 aromatic heterocycles. The summed E-state index contributed by atoms with van der Waals surface area (Å²) in [6.07, 6.45) is 2.78. The second kappa shape index (κ2) is 8.66. The van der Waals surface area contributed by atoms with E-state index in [4.69, 9.17) is 4.74 Å². The summed E-state index contributed by atoms with van der Waals surface area (Å²) >= 11 is 1.52. The number of carbonyl (C=O) groups excluding carboxylic acids is 2. The van der Waals surface area contributed by atoms with Gasteiger partial charge < -0.3 is 25.6 Å². The monoisotopic (exact) mass is 482 g/mol. The third kappa shape index (κ3) is 4.72. The summed E-state index contributed by atoms with van der Waals surface area (Å²) in [6, 6.07) is 7.92. The first-order chi connectivity index (χ1) is 16.1. The first kappa shape index (κ1) is 23.3. The smallest absolute Gasteiger partial charge is 0.256 e. The van der Waals surface area contributed by atoms with E-state index in [0.717, 1.165) is 61.7 Å². The Hall–Kier alpha value is -2.42. The number of rotatable bonds is 5. The molecule has 0 atom stereocenters. The molecule has 0 spiro atoms. The Labute approximate surface area is 205 Å². The molecule has 34 heavy (non-hydrogen) atoms. The van der Waals surface area contributed by atoms with Crippen LogP contribution in [0.3, 0.4) is 0 Å². The number of nitrogens with zero attached hydrogens (tertiary/aromatic N) is 1. The predicted octanol–water partition coefficient (Wildman–Crippen LogP) is 3.89. The van der Waals surface area contributed by atoms with E-state index in [2.05, 4.69) is 48.5 Å². The summed E-state index contributed by atoms with van der Waals surface area (Å²) in [7, 11) is 0. The fraction of sp³-hybridized carbons (Fsp3) is 0.538. The number of morpholine rings is 1. The first-order valence-electron chi connectivity index (χ1n) is 12.1. The molecule has 2 amide bonds. The SMILES string of the molecule is CC1(C)Cc2c(sc(NC(=O)c3ccc(N4CCOCC4)cc3)c2C(=O)NC2CC2)C(C)(C)N1. The second-order valence-corrected chi connectivity index (χ2v) is 11.8. The Morgan fingerprint density at radius 1 is 1.06 bits per heavy atom. The van der Waals surface area contributed by atoms with E-state index in [-0.39, 0.29) is 28.9 Å². The molecule has 8 heteroatoms. The van der Waals surface area contributed by atoms with Gasteiger partial charge in [0, 0.05) is 46.3 Å². The van der Waals surface area contributed by atoms with Crippen molar-refractivity contribution in [2.75, 3.05) is 36.5 Å². The van der Waals surface area contributed by atoms with E-state index >= 15 is 0 Å². The minimum absolute atomic E-state index is 0.0773. The number of thiophene rings is 1. The number of hydrogen-bond acceptors (Lipinski definition) is 6. The zero-order valence-electron chi connectivity index (χ0n) is 20.4. The van der Waals surface area contributed by atoms with Crippen LogP contribution in [-0.2, 0) is 16.7 Å². The van der Waals surface area contributed by atoms with Gasteiger partial charge in [0.15, 0.2) is 0 Å². The van der Waals surface area contributed by atoms with E-state index in [9.17, 15) is 9.59 Å². The van der Waals surface area contributed by atoms with Crippen molar-refractivity contribution in [1.82, 2.24) is 10.6 Å². The van der Waals surface area contributed by atoms with Crippen LogP contribution in [0.5, 0.6) is 0 Å². The second-order valence-electron chi connectivity index (χ2n) is 10.8. The molecule has 2 fully saturated rings. The lowest BCUT2D eigenvalue weighted by Gasteiger charge is -2.42. The van der Waals surface area contributed by atoms with Gasteiger partial charge in [-0.1, -0.05) is 0 Å². The molecule has 2 aliphatic heterocycles. The van der Waals surface area contributed by atoms with Crippen LogP contribution < -0.4 is 20.9 Å². The lowest BCUT2D eigenvalue weighted by Crippen LogP contribution is -2.55. The summed E-state index contributed by atoms with van der Waals surface area (Å²) in [6.45, 7) is 11.7. The van der Waals surface area contributed by atoms with Crippen LogP contribution in [0.1, 0.15) is 71.7 Å². The number of nitrogens with one attached hydrogen (secondary N) is 3. The molecule has 1 aromatic carbocycles. The largest absolute Gasteiger partial charge is 0.378 e. The van der Waals surface area contributed by atoms with Crippen molar-refractivity contribution in [1.29, 1.82) is 0 Å². The van der Waals surface area contributed by atoms with Crippen LogP contribution in [0.2, 0.25) is 0 Å². The van der Waals surface area contributed by atoms with Crippen LogP contribution in [0, 0.1) is 0 Å². The van der Waals surface area contributed by atoms with Crippen molar-refractivity contribution >= 4 is 33.8 Å². The molecule has 5 rings (SSSR count). The van der Waals surface area contributed by atoms with Crippen molar-refractivity contribution in [3.63, 3.8) is 0 Å². The van der Waals surface area contributed by atoms with Gasteiger partial charge in [0.25, 0.3) is 11.8 Å². The quantitative estimate of drug-likeness (QED) is 0.602. The van der Waals surface area contributed by atoms with E-state index in [1.54, 1.807) is 0 Å². The van der Waals surface area contributed by atoms with Gasteiger partial charge in [-0.25, -0.2) is 0 Å². The molecule has 3 heterocycles. The van der Waals surface area contributed by atoms with Crippen LogP contribution in [0.4, 0.5) is 10.7 Å². The van der Waals surface area contributed by atoms with E-state index in [1.165, 1.54) is 11.3 Å². The summed E-state index contributed by atoms with van der Waals surface area (Å²) in [5.41, 5.74) is 2.91. The van der Waals surface area contributed by atoms with Gasteiger partial charge in [0.05, 0.1) is 18.8 Å². The Morgan fingerprint density at radius 3 is 2.38 bits per heavy atom. The van der Waals surface area contributed by atoms with E-state index < -0.39 is 0 Å². The van der Waals surface area contributed by atoms with E-state index in [0.29, 0.717) is 16.1 Å². The summed E-state index contributed by atoms with van der Waals surface area (Å²) in [5.74, 6) is -0.274. The number of ether oxygens (including phenoxy) is 1. The van der Waals surface area contributed by atoms with Crippen molar-refractivity contribution in [3.05, 3.63) is 45.8 Å². The fourth-order valence-electron chi connectivity index (χ4n) is 5.16. The molecular formula is C26H34N4O3S. The highest BCUT2D eigenvalue weighted by Crippen LogP contribution is 2.45. The van der Waals surface area contributed by atoms with Gasteiger partial charge >= 0.3 is 0 Å². The summed E-state index contributed by atoms with van der Waals surface area (Å²) < 4.78 is 5.43. The van der Waals surface area contributed by atoms with Gasteiger partial charge in [0.1, 0.15) is 5.00 Å². The molecule has 2 aromatic rings. The Balaban J connectivity index is 1.43. The van der Waals surface area contributed by atoms with Crippen molar-refractivity contribution < 1.29 is 14.3 Å². The Morgan fingerprint density at radius 2 is 1.74 bits per heavy atom. The number of amides is 2. The van der Waals surface area contributed by atoms with Crippen LogP contribution in [0.25, 0.3) is 0 Å². The molecule has 182 valence electrons. The molecule has 7 nitrogen and oxygen atoms in total. The molecule has 0 bridgehead atoms. The molecule has 0 unspecified atom stereocenters. The topological polar surface area (TPSA) is 82.7 Å². The highest BCUT2D eigenvalue weighted by atomic mass is 32.1. The molecule has 3 N–H and O–H groups in total. The first-order valence-corrected chi connectivity index (χ1v) is 13.0. The fourth-order valence-corrected chi connectivity index (χ4v) is 6.43. The van der Waals surface area contributed by atoms with Crippen molar-refractivity contribution in [2.45, 2.75) is 64.1 Å². The third-order valence-electron chi connectivity index (χ3n) is 6.72. The van der Waals surface area contributed by atoms with Gasteiger partial charge in [-0.3, -0.25) is 9.59 Å². The minimum Gasteiger partial charge on any atom is -0.378 e. The molecule has 1 saturated carbocycles. The number of anilines is 2. The lowest BCUT2D eigenvalue weighted by atomic mass is 9.81. The average Bonchev–Trinajstić information content (AvgIpc) is 3.52. The number of fused-ring (bicyclic) bond motifs is 1. The zero-order chi connectivity index (χ0) is 24.1.